The van der Waals surface area contributed by atoms with Crippen molar-refractivity contribution in [2.45, 2.75) is 51.0 Å². The third-order valence-electron chi connectivity index (χ3n) is 5.75. The van der Waals surface area contributed by atoms with E-state index in [0.29, 0.717) is 6.04 Å². The highest BCUT2D eigenvalue weighted by molar-refractivity contribution is 5.92. The molecule has 140 valence electrons. The molecular formula is C23H30ClNO. The van der Waals surface area contributed by atoms with Gasteiger partial charge in [0.05, 0.1) is 5.41 Å². The van der Waals surface area contributed by atoms with Crippen LogP contribution >= 0.6 is 12.4 Å². The second-order valence-electron chi connectivity index (χ2n) is 7.34. The fourth-order valence-corrected chi connectivity index (χ4v) is 4.33. The van der Waals surface area contributed by atoms with E-state index in [2.05, 4.69) is 36.1 Å². The number of rotatable bonds is 6. The molecule has 0 saturated carbocycles. The molecule has 0 amide bonds. The number of hydrogen-bond donors (Lipinski definition) is 0. The number of nitrogens with zero attached hydrogens (tertiary/aromatic N) is 1. The molecule has 1 aliphatic heterocycles. The molecule has 2 aromatic carbocycles. The van der Waals surface area contributed by atoms with Crippen molar-refractivity contribution < 1.29 is 4.79 Å². The lowest BCUT2D eigenvalue weighted by Crippen LogP contribution is -2.45. The lowest BCUT2D eigenvalue weighted by atomic mass is 9.67. The van der Waals surface area contributed by atoms with Crippen LogP contribution in [-0.2, 0) is 10.2 Å². The first-order valence-electron chi connectivity index (χ1n) is 9.51. The SMILES string of the molecule is CC(=O)C(CC(C)N1CCCCC1)(c1ccccc1)c1ccccc1.Cl. The summed E-state index contributed by atoms with van der Waals surface area (Å²) in [7, 11) is 0. The predicted molar refractivity (Wildman–Crippen MR) is 111 cm³/mol. The van der Waals surface area contributed by atoms with Crippen LogP contribution < -0.4 is 0 Å². The Kier molecular flexibility index (Phi) is 7.43. The van der Waals surface area contributed by atoms with E-state index in [9.17, 15) is 4.79 Å². The van der Waals surface area contributed by atoms with Gasteiger partial charge in [0.25, 0.3) is 0 Å². The molecular weight excluding hydrogens is 342 g/mol. The van der Waals surface area contributed by atoms with Crippen molar-refractivity contribution in [3.8, 4) is 0 Å². The van der Waals surface area contributed by atoms with E-state index in [1.807, 2.05) is 36.4 Å². The van der Waals surface area contributed by atoms with E-state index in [4.69, 9.17) is 0 Å². The first-order chi connectivity index (χ1) is 12.1. The van der Waals surface area contributed by atoms with Crippen molar-refractivity contribution in [1.82, 2.24) is 4.90 Å². The average molecular weight is 372 g/mol. The maximum Gasteiger partial charge on any atom is 0.144 e. The molecule has 0 radical (unpaired) electrons. The number of likely N-dealkylation sites (tertiary alicyclic amines) is 1. The van der Waals surface area contributed by atoms with Crippen LogP contribution in [0.2, 0.25) is 0 Å². The zero-order valence-corrected chi connectivity index (χ0v) is 16.7. The van der Waals surface area contributed by atoms with Gasteiger partial charge in [0.15, 0.2) is 0 Å². The van der Waals surface area contributed by atoms with Crippen molar-refractivity contribution >= 4 is 18.2 Å². The summed E-state index contributed by atoms with van der Waals surface area (Å²) in [5, 5.41) is 0. The van der Waals surface area contributed by atoms with Crippen molar-refractivity contribution in [1.29, 1.82) is 0 Å². The highest BCUT2D eigenvalue weighted by Gasteiger charge is 2.41. The molecule has 1 saturated heterocycles. The Bertz CT molecular complexity index is 640. The van der Waals surface area contributed by atoms with Crippen LogP contribution in [0.1, 0.15) is 50.7 Å². The van der Waals surface area contributed by atoms with Gasteiger partial charge < -0.3 is 4.90 Å². The number of halogens is 1. The van der Waals surface area contributed by atoms with Crippen molar-refractivity contribution in [3.63, 3.8) is 0 Å². The molecule has 1 atom stereocenters. The van der Waals surface area contributed by atoms with Gasteiger partial charge >= 0.3 is 0 Å². The third-order valence-corrected chi connectivity index (χ3v) is 5.75. The average Bonchev–Trinajstić information content (AvgIpc) is 2.67. The van der Waals surface area contributed by atoms with Gasteiger partial charge in [-0.05, 0) is 57.3 Å². The maximum atomic E-state index is 13.1. The second kappa shape index (κ2) is 9.34. The minimum Gasteiger partial charge on any atom is -0.301 e. The monoisotopic (exact) mass is 371 g/mol. The molecule has 1 heterocycles. The van der Waals surface area contributed by atoms with Crippen LogP contribution in [0.4, 0.5) is 0 Å². The molecule has 3 heteroatoms. The smallest absolute Gasteiger partial charge is 0.144 e. The van der Waals surface area contributed by atoms with Crippen LogP contribution in [0.15, 0.2) is 60.7 Å². The fourth-order valence-electron chi connectivity index (χ4n) is 4.33. The van der Waals surface area contributed by atoms with Crippen molar-refractivity contribution in [3.05, 3.63) is 71.8 Å². The molecule has 0 aromatic heterocycles. The molecule has 26 heavy (non-hydrogen) atoms. The number of ketones is 1. The van der Waals surface area contributed by atoms with Crippen molar-refractivity contribution in [2.24, 2.45) is 0 Å². The number of carbonyl (C=O) groups is 1. The number of piperidine rings is 1. The molecule has 2 nitrogen and oxygen atoms in total. The second-order valence-corrected chi connectivity index (χ2v) is 7.34. The fraction of sp³-hybridized carbons (Fsp3) is 0.435. The van der Waals surface area contributed by atoms with Crippen LogP contribution in [0.25, 0.3) is 0 Å². The minimum absolute atomic E-state index is 0. The topological polar surface area (TPSA) is 20.3 Å². The molecule has 0 N–H and O–H groups in total. The number of benzene rings is 2. The molecule has 0 aliphatic carbocycles. The summed E-state index contributed by atoms with van der Waals surface area (Å²) in [4.78, 5) is 15.6. The standard InChI is InChI=1S/C23H29NO.ClH/c1-19(24-16-10-5-11-17-24)18-23(20(2)25,21-12-6-3-7-13-21)22-14-8-4-9-15-22;/h3-4,6-9,12-15,19H,5,10-11,16-18H2,1-2H3;1H. The largest absolute Gasteiger partial charge is 0.301 e. The van der Waals surface area contributed by atoms with Crippen LogP contribution in [0, 0.1) is 0 Å². The summed E-state index contributed by atoms with van der Waals surface area (Å²) in [5.41, 5.74) is 1.65. The summed E-state index contributed by atoms with van der Waals surface area (Å²) >= 11 is 0. The van der Waals surface area contributed by atoms with E-state index < -0.39 is 5.41 Å². The molecule has 1 unspecified atom stereocenters. The Morgan fingerprint density at radius 2 is 1.38 bits per heavy atom. The maximum absolute atomic E-state index is 13.1. The van der Waals surface area contributed by atoms with Crippen LogP contribution in [0.5, 0.6) is 0 Å². The summed E-state index contributed by atoms with van der Waals surface area (Å²) in [6, 6.07) is 21.0. The molecule has 1 fully saturated rings. The minimum atomic E-state index is -0.570. The Balaban J connectivity index is 0.00000243. The van der Waals surface area contributed by atoms with E-state index in [1.54, 1.807) is 6.92 Å². The van der Waals surface area contributed by atoms with Crippen molar-refractivity contribution in [2.75, 3.05) is 13.1 Å². The summed E-state index contributed by atoms with van der Waals surface area (Å²) in [5.74, 6) is 0.230. The van der Waals surface area contributed by atoms with E-state index in [1.165, 1.54) is 19.3 Å². The Morgan fingerprint density at radius 3 is 1.81 bits per heavy atom. The number of hydrogen-bond acceptors (Lipinski definition) is 2. The number of carbonyl (C=O) groups excluding carboxylic acids is 1. The third kappa shape index (κ3) is 4.19. The van der Waals surface area contributed by atoms with E-state index in [0.717, 1.165) is 30.6 Å². The Labute approximate surface area is 164 Å². The highest BCUT2D eigenvalue weighted by atomic mass is 35.5. The van der Waals surface area contributed by atoms with Gasteiger partial charge in [0.1, 0.15) is 5.78 Å². The zero-order chi connectivity index (χ0) is 17.7. The van der Waals surface area contributed by atoms with Gasteiger partial charge in [-0.2, -0.15) is 0 Å². The van der Waals surface area contributed by atoms with E-state index >= 15 is 0 Å². The predicted octanol–water partition coefficient (Wildman–Crippen LogP) is 5.25. The normalized spacial score (nSPS) is 16.5. The molecule has 1 aliphatic rings. The lowest BCUT2D eigenvalue weighted by molar-refractivity contribution is -0.121. The first kappa shape index (κ1) is 20.7. The van der Waals surface area contributed by atoms with Gasteiger partial charge in [-0.1, -0.05) is 67.1 Å². The molecule has 0 spiro atoms. The quantitative estimate of drug-likeness (QED) is 0.691. The highest BCUT2D eigenvalue weighted by Crippen LogP contribution is 2.39. The van der Waals surface area contributed by atoms with Crippen LogP contribution in [0.3, 0.4) is 0 Å². The first-order valence-corrected chi connectivity index (χ1v) is 9.51. The lowest BCUT2D eigenvalue weighted by Gasteiger charge is -2.40. The summed E-state index contributed by atoms with van der Waals surface area (Å²) in [6.07, 6.45) is 4.71. The molecule has 3 rings (SSSR count). The Morgan fingerprint density at radius 1 is 0.923 bits per heavy atom. The zero-order valence-electron chi connectivity index (χ0n) is 15.9. The Hall–Kier alpha value is -1.64. The van der Waals surface area contributed by atoms with Gasteiger partial charge in [0.2, 0.25) is 0 Å². The van der Waals surface area contributed by atoms with E-state index in [-0.39, 0.29) is 18.2 Å². The van der Waals surface area contributed by atoms with Gasteiger partial charge in [-0.25, -0.2) is 0 Å². The molecule has 0 bridgehead atoms. The molecule has 2 aromatic rings. The van der Waals surface area contributed by atoms with Gasteiger partial charge in [0, 0.05) is 6.04 Å². The summed E-state index contributed by atoms with van der Waals surface area (Å²) < 4.78 is 0. The van der Waals surface area contributed by atoms with Gasteiger partial charge in [-0.15, -0.1) is 12.4 Å². The van der Waals surface area contributed by atoms with Crippen LogP contribution in [-0.4, -0.2) is 29.8 Å². The summed E-state index contributed by atoms with van der Waals surface area (Å²) in [6.45, 7) is 6.34. The van der Waals surface area contributed by atoms with Gasteiger partial charge in [-0.3, -0.25) is 4.79 Å². The number of Topliss-reactive ketones (excluding diaryl/α,β-unsaturated/α-hetero) is 1.